The van der Waals surface area contributed by atoms with Crippen molar-refractivity contribution in [2.45, 2.75) is 26.3 Å². The highest BCUT2D eigenvalue weighted by molar-refractivity contribution is 7.98. The summed E-state index contributed by atoms with van der Waals surface area (Å²) in [6.45, 7) is 3.69. The molecule has 0 unspecified atom stereocenters. The quantitative estimate of drug-likeness (QED) is 0.692. The van der Waals surface area contributed by atoms with Crippen LogP contribution in [0, 0.1) is 13.8 Å². The van der Waals surface area contributed by atoms with Crippen molar-refractivity contribution in [1.82, 2.24) is 10.6 Å². The van der Waals surface area contributed by atoms with E-state index in [1.807, 2.05) is 26.2 Å². The van der Waals surface area contributed by atoms with Gasteiger partial charge in [-0.25, -0.2) is 4.79 Å². The molecule has 0 bridgehead atoms. The van der Waals surface area contributed by atoms with Gasteiger partial charge in [0, 0.05) is 5.56 Å². The van der Waals surface area contributed by atoms with Crippen LogP contribution in [0.15, 0.2) is 18.2 Å². The van der Waals surface area contributed by atoms with Crippen LogP contribution in [0.25, 0.3) is 0 Å². The number of esters is 1. The van der Waals surface area contributed by atoms with Crippen molar-refractivity contribution in [3.05, 3.63) is 34.9 Å². The molecule has 0 aliphatic rings. The number of ether oxygens (including phenoxy) is 1. The molecule has 6 nitrogen and oxygen atoms in total. The van der Waals surface area contributed by atoms with E-state index in [4.69, 9.17) is 0 Å². The number of rotatable bonds is 8. The molecule has 1 aromatic carbocycles. The third kappa shape index (κ3) is 6.23. The number of methoxy groups -OCH3 is 1. The Bertz CT molecular complexity index is 604. The second kappa shape index (κ2) is 9.97. The largest absolute Gasteiger partial charge is 0.467 e. The third-order valence-electron chi connectivity index (χ3n) is 3.61. The van der Waals surface area contributed by atoms with Crippen molar-refractivity contribution >= 4 is 29.5 Å². The Morgan fingerprint density at radius 1 is 1.21 bits per heavy atom. The highest BCUT2D eigenvalue weighted by atomic mass is 32.2. The molecule has 0 radical (unpaired) electrons. The summed E-state index contributed by atoms with van der Waals surface area (Å²) < 4.78 is 4.68. The molecule has 7 heteroatoms. The number of benzene rings is 1. The van der Waals surface area contributed by atoms with Crippen LogP contribution in [0.5, 0.6) is 0 Å². The van der Waals surface area contributed by atoms with Crippen LogP contribution in [0.4, 0.5) is 0 Å². The summed E-state index contributed by atoms with van der Waals surface area (Å²) >= 11 is 1.57. The van der Waals surface area contributed by atoms with E-state index in [0.717, 1.165) is 16.9 Å². The number of nitrogens with one attached hydrogen (secondary N) is 2. The fraction of sp³-hybridized carbons (Fsp3) is 0.471. The molecule has 0 spiro atoms. The minimum atomic E-state index is -0.700. The Labute approximate surface area is 146 Å². The Hall–Kier alpha value is -2.02. The summed E-state index contributed by atoms with van der Waals surface area (Å²) in [6.07, 6.45) is 2.39. The van der Waals surface area contributed by atoms with Gasteiger partial charge in [-0.15, -0.1) is 0 Å². The number of amides is 2. The number of carbonyl (C=O) groups is 3. The minimum absolute atomic E-state index is 0.196. The molecule has 0 saturated heterocycles. The lowest BCUT2D eigenvalue weighted by atomic mass is 10.1. The van der Waals surface area contributed by atoms with Gasteiger partial charge < -0.3 is 15.4 Å². The van der Waals surface area contributed by atoms with E-state index < -0.39 is 17.9 Å². The molecular weight excluding hydrogens is 328 g/mol. The van der Waals surface area contributed by atoms with E-state index in [1.54, 1.807) is 23.9 Å². The van der Waals surface area contributed by atoms with Gasteiger partial charge in [0.15, 0.2) is 0 Å². The van der Waals surface area contributed by atoms with E-state index >= 15 is 0 Å². The summed E-state index contributed by atoms with van der Waals surface area (Å²) in [6, 6.07) is 4.65. The van der Waals surface area contributed by atoms with E-state index in [1.165, 1.54) is 7.11 Å². The molecule has 1 rings (SSSR count). The number of aryl methyl sites for hydroxylation is 2. The standard InChI is InChI=1S/C17H24N2O4S/c1-11-5-6-13(9-12(11)2)16(21)18-10-15(20)19-14(7-8-24-4)17(22)23-3/h5-6,9,14H,7-8,10H2,1-4H3,(H,18,21)(H,19,20)/t14-/m0/s1. The van der Waals surface area contributed by atoms with Gasteiger partial charge in [0.1, 0.15) is 6.04 Å². The normalized spacial score (nSPS) is 11.5. The van der Waals surface area contributed by atoms with Gasteiger partial charge in [0.2, 0.25) is 5.91 Å². The lowest BCUT2D eigenvalue weighted by Gasteiger charge is -2.16. The van der Waals surface area contributed by atoms with Crippen molar-refractivity contribution in [3.63, 3.8) is 0 Å². The number of thioether (sulfide) groups is 1. The van der Waals surface area contributed by atoms with Gasteiger partial charge in [0.05, 0.1) is 13.7 Å². The lowest BCUT2D eigenvalue weighted by Crippen LogP contribution is -2.46. The van der Waals surface area contributed by atoms with Crippen LogP contribution in [0.3, 0.4) is 0 Å². The smallest absolute Gasteiger partial charge is 0.328 e. The maximum Gasteiger partial charge on any atom is 0.328 e. The molecule has 0 saturated carbocycles. The first kappa shape index (κ1) is 20.0. The van der Waals surface area contributed by atoms with Gasteiger partial charge in [0.25, 0.3) is 5.91 Å². The van der Waals surface area contributed by atoms with Gasteiger partial charge in [-0.05, 0) is 55.5 Å². The highest BCUT2D eigenvalue weighted by Crippen LogP contribution is 2.09. The Morgan fingerprint density at radius 3 is 2.50 bits per heavy atom. The van der Waals surface area contributed by atoms with Gasteiger partial charge >= 0.3 is 5.97 Å². The van der Waals surface area contributed by atoms with Crippen molar-refractivity contribution in [3.8, 4) is 0 Å². The first-order valence-corrected chi connectivity index (χ1v) is 9.00. The third-order valence-corrected chi connectivity index (χ3v) is 4.25. The minimum Gasteiger partial charge on any atom is -0.467 e. The molecule has 2 N–H and O–H groups in total. The zero-order valence-corrected chi connectivity index (χ0v) is 15.3. The Balaban J connectivity index is 2.55. The lowest BCUT2D eigenvalue weighted by molar-refractivity contribution is -0.145. The van der Waals surface area contributed by atoms with Crippen molar-refractivity contribution < 1.29 is 19.1 Å². The van der Waals surface area contributed by atoms with Crippen LogP contribution in [0.1, 0.15) is 27.9 Å². The molecule has 24 heavy (non-hydrogen) atoms. The molecule has 0 aliphatic heterocycles. The number of hydrogen-bond acceptors (Lipinski definition) is 5. The second-order valence-corrected chi connectivity index (χ2v) is 6.39. The van der Waals surface area contributed by atoms with E-state index in [2.05, 4.69) is 15.4 Å². The van der Waals surface area contributed by atoms with Gasteiger partial charge in [-0.2, -0.15) is 11.8 Å². The van der Waals surface area contributed by atoms with Crippen molar-refractivity contribution in [1.29, 1.82) is 0 Å². The molecule has 0 aromatic heterocycles. The molecule has 0 fully saturated rings. The summed E-state index contributed by atoms with van der Waals surface area (Å²) in [5, 5.41) is 5.14. The summed E-state index contributed by atoms with van der Waals surface area (Å²) in [5.41, 5.74) is 2.60. The van der Waals surface area contributed by atoms with Crippen LogP contribution in [-0.4, -0.2) is 49.5 Å². The second-order valence-electron chi connectivity index (χ2n) is 5.41. The van der Waals surface area contributed by atoms with Crippen LogP contribution in [0.2, 0.25) is 0 Å². The first-order valence-electron chi connectivity index (χ1n) is 7.60. The van der Waals surface area contributed by atoms with Crippen molar-refractivity contribution in [2.24, 2.45) is 0 Å². The molecule has 132 valence electrons. The van der Waals surface area contributed by atoms with Crippen LogP contribution in [-0.2, 0) is 14.3 Å². The topological polar surface area (TPSA) is 84.5 Å². The summed E-state index contributed by atoms with van der Waals surface area (Å²) in [5.74, 6) is -0.525. The number of carbonyl (C=O) groups excluding carboxylic acids is 3. The van der Waals surface area contributed by atoms with Gasteiger partial charge in [-0.1, -0.05) is 6.07 Å². The molecule has 0 heterocycles. The predicted molar refractivity (Wildman–Crippen MR) is 95.2 cm³/mol. The molecule has 1 aromatic rings. The molecule has 2 amide bonds. The zero-order valence-electron chi connectivity index (χ0n) is 14.5. The summed E-state index contributed by atoms with van der Waals surface area (Å²) in [4.78, 5) is 35.7. The highest BCUT2D eigenvalue weighted by Gasteiger charge is 2.21. The average molecular weight is 352 g/mol. The van der Waals surface area contributed by atoms with E-state index in [0.29, 0.717) is 12.0 Å². The molecular formula is C17H24N2O4S. The van der Waals surface area contributed by atoms with Gasteiger partial charge in [-0.3, -0.25) is 9.59 Å². The average Bonchev–Trinajstić information content (AvgIpc) is 2.58. The maximum absolute atomic E-state index is 12.1. The Kier molecular flexibility index (Phi) is 8.32. The fourth-order valence-electron chi connectivity index (χ4n) is 2.02. The number of hydrogen-bond donors (Lipinski definition) is 2. The first-order chi connectivity index (χ1) is 11.4. The van der Waals surface area contributed by atoms with Crippen molar-refractivity contribution in [2.75, 3.05) is 25.7 Å². The monoisotopic (exact) mass is 352 g/mol. The maximum atomic E-state index is 12.1. The van der Waals surface area contributed by atoms with E-state index in [9.17, 15) is 14.4 Å². The molecule has 1 atom stereocenters. The fourth-order valence-corrected chi connectivity index (χ4v) is 2.49. The zero-order chi connectivity index (χ0) is 18.1. The summed E-state index contributed by atoms with van der Waals surface area (Å²) in [7, 11) is 1.28. The van der Waals surface area contributed by atoms with Crippen LogP contribution >= 0.6 is 11.8 Å². The predicted octanol–water partition coefficient (Wildman–Crippen LogP) is 1.44. The SMILES string of the molecule is COC(=O)[C@H](CCSC)NC(=O)CNC(=O)c1ccc(C)c(C)c1. The Morgan fingerprint density at radius 2 is 1.92 bits per heavy atom. The van der Waals surface area contributed by atoms with Crippen LogP contribution < -0.4 is 10.6 Å². The molecule has 0 aliphatic carbocycles. The van der Waals surface area contributed by atoms with E-state index in [-0.39, 0.29) is 12.5 Å².